The van der Waals surface area contributed by atoms with Gasteiger partial charge >= 0.3 is 7.12 Å². The number of carbonyl (C=O) groups is 1. The molecule has 0 unspecified atom stereocenters. The largest absolute Gasteiger partial charge is 0.491 e. The summed E-state index contributed by atoms with van der Waals surface area (Å²) >= 11 is 0. The third-order valence-corrected chi connectivity index (χ3v) is 4.41. The Balaban J connectivity index is 1.48. The first kappa shape index (κ1) is 15.8. The molecule has 1 aromatic heterocycles. The van der Waals surface area contributed by atoms with E-state index in [2.05, 4.69) is 10.3 Å². The number of anilines is 1. The molecule has 0 spiro atoms. The van der Waals surface area contributed by atoms with Crippen molar-refractivity contribution in [2.45, 2.75) is 12.8 Å². The molecule has 0 saturated carbocycles. The van der Waals surface area contributed by atoms with Crippen LogP contribution in [-0.2, 0) is 22.3 Å². The van der Waals surface area contributed by atoms with Crippen molar-refractivity contribution < 1.29 is 14.5 Å². The molecule has 1 aliphatic heterocycles. The van der Waals surface area contributed by atoms with Crippen LogP contribution < -0.4 is 10.8 Å². The number of carbonyl (C=O) groups excluding carboxylic acids is 1. The Hall–Kier alpha value is -2.70. The van der Waals surface area contributed by atoms with Crippen molar-refractivity contribution in [3.8, 4) is 0 Å². The van der Waals surface area contributed by atoms with Crippen LogP contribution in [0.1, 0.15) is 11.1 Å². The summed E-state index contributed by atoms with van der Waals surface area (Å²) in [6, 6.07) is 13.4. The van der Waals surface area contributed by atoms with Crippen molar-refractivity contribution >= 4 is 34.9 Å². The number of benzene rings is 2. The molecule has 2 heterocycles. The van der Waals surface area contributed by atoms with Gasteiger partial charge in [-0.3, -0.25) is 9.78 Å². The van der Waals surface area contributed by atoms with E-state index in [4.69, 9.17) is 4.65 Å². The zero-order valence-electron chi connectivity index (χ0n) is 13.6. The highest BCUT2D eigenvalue weighted by Crippen LogP contribution is 2.18. The van der Waals surface area contributed by atoms with Crippen molar-refractivity contribution in [3.05, 3.63) is 66.0 Å². The van der Waals surface area contributed by atoms with Crippen molar-refractivity contribution in [2.24, 2.45) is 0 Å². The Morgan fingerprint density at radius 1 is 1.20 bits per heavy atom. The van der Waals surface area contributed by atoms with Crippen molar-refractivity contribution in [3.63, 3.8) is 0 Å². The highest BCUT2D eigenvalue weighted by molar-refractivity contribution is 6.60. The average molecular weight is 332 g/mol. The van der Waals surface area contributed by atoms with Crippen LogP contribution >= 0.6 is 0 Å². The van der Waals surface area contributed by atoms with Crippen LogP contribution in [-0.4, -0.2) is 29.6 Å². The molecular weight excluding hydrogens is 315 g/mol. The third-order valence-electron chi connectivity index (χ3n) is 4.41. The first-order valence-electron chi connectivity index (χ1n) is 8.24. The smallest absolute Gasteiger partial charge is 0.423 e. The number of fused-ring (bicyclic) bond motifs is 2. The van der Waals surface area contributed by atoms with Gasteiger partial charge in [-0.2, -0.15) is 0 Å². The number of amides is 1. The number of hydrogen-bond acceptors (Lipinski definition) is 4. The van der Waals surface area contributed by atoms with Gasteiger partial charge < -0.3 is 15.0 Å². The fraction of sp³-hybridized carbons (Fsp3) is 0.158. The van der Waals surface area contributed by atoms with E-state index in [0.717, 1.165) is 39.5 Å². The normalized spacial score (nSPS) is 13.6. The molecule has 1 aliphatic rings. The number of nitrogens with zero attached hydrogens (tertiary/aromatic N) is 1. The molecule has 6 heteroatoms. The molecule has 0 aliphatic carbocycles. The van der Waals surface area contributed by atoms with Gasteiger partial charge in [-0.1, -0.05) is 24.3 Å². The van der Waals surface area contributed by atoms with Gasteiger partial charge in [0.05, 0.1) is 6.42 Å². The first-order valence-corrected chi connectivity index (χ1v) is 8.24. The molecule has 0 atom stereocenters. The Labute approximate surface area is 145 Å². The summed E-state index contributed by atoms with van der Waals surface area (Å²) in [5, 5.41) is 14.8. The van der Waals surface area contributed by atoms with E-state index in [9.17, 15) is 9.82 Å². The molecule has 2 aromatic carbocycles. The maximum atomic E-state index is 12.4. The fourth-order valence-corrected chi connectivity index (χ4v) is 3.15. The molecule has 1 amide bonds. The zero-order valence-corrected chi connectivity index (χ0v) is 13.6. The molecule has 0 bridgehead atoms. The minimum absolute atomic E-state index is 0.0686. The highest BCUT2D eigenvalue weighted by atomic mass is 16.5. The second-order valence-electron chi connectivity index (χ2n) is 6.17. The maximum absolute atomic E-state index is 12.4. The highest BCUT2D eigenvalue weighted by Gasteiger charge is 2.24. The fourth-order valence-electron chi connectivity index (χ4n) is 3.15. The lowest BCUT2D eigenvalue weighted by molar-refractivity contribution is -0.115. The van der Waals surface area contributed by atoms with Gasteiger partial charge in [-0.15, -0.1) is 0 Å². The van der Waals surface area contributed by atoms with Crippen LogP contribution in [0.2, 0.25) is 0 Å². The van der Waals surface area contributed by atoms with Gasteiger partial charge in [0.1, 0.15) is 0 Å². The van der Waals surface area contributed by atoms with Crippen LogP contribution in [0.4, 0.5) is 5.69 Å². The van der Waals surface area contributed by atoms with Crippen molar-refractivity contribution in [2.75, 3.05) is 11.9 Å². The van der Waals surface area contributed by atoms with E-state index < -0.39 is 7.12 Å². The van der Waals surface area contributed by atoms with Gasteiger partial charge in [0.15, 0.2) is 0 Å². The van der Waals surface area contributed by atoms with Crippen molar-refractivity contribution in [1.82, 2.24) is 4.98 Å². The summed E-state index contributed by atoms with van der Waals surface area (Å²) in [5.41, 5.74) is 3.53. The van der Waals surface area contributed by atoms with E-state index in [1.165, 1.54) is 0 Å². The third kappa shape index (κ3) is 3.40. The van der Waals surface area contributed by atoms with Gasteiger partial charge in [-0.05, 0) is 46.6 Å². The van der Waals surface area contributed by atoms with E-state index >= 15 is 0 Å². The lowest BCUT2D eigenvalue weighted by Crippen LogP contribution is -2.41. The summed E-state index contributed by atoms with van der Waals surface area (Å²) in [4.78, 5) is 16.4. The molecule has 0 radical (unpaired) electrons. The predicted octanol–water partition coefficient (Wildman–Crippen LogP) is 1.68. The second kappa shape index (κ2) is 6.66. The molecule has 0 fully saturated rings. The van der Waals surface area contributed by atoms with Gasteiger partial charge in [0, 0.05) is 30.1 Å². The molecule has 25 heavy (non-hydrogen) atoms. The van der Waals surface area contributed by atoms with Crippen LogP contribution in [0.15, 0.2) is 54.9 Å². The molecule has 2 N–H and O–H groups in total. The Kier molecular flexibility index (Phi) is 4.21. The molecule has 124 valence electrons. The average Bonchev–Trinajstić information content (AvgIpc) is 2.61. The van der Waals surface area contributed by atoms with Gasteiger partial charge in [-0.25, -0.2) is 0 Å². The Morgan fingerprint density at radius 2 is 2.12 bits per heavy atom. The molecular formula is C19H17BN2O3. The summed E-state index contributed by atoms with van der Waals surface area (Å²) in [7, 11) is -0.862. The lowest BCUT2D eigenvalue weighted by atomic mass is 9.73. The van der Waals surface area contributed by atoms with Crippen LogP contribution in [0.25, 0.3) is 10.8 Å². The van der Waals surface area contributed by atoms with Crippen molar-refractivity contribution in [1.29, 1.82) is 0 Å². The number of pyridine rings is 1. The SMILES string of the molecule is O=C(Cc1ccc2c(c1)CCOB2O)Nc1ccc2cnccc2c1. The van der Waals surface area contributed by atoms with Crippen LogP contribution in [0.5, 0.6) is 0 Å². The van der Waals surface area contributed by atoms with Crippen LogP contribution in [0.3, 0.4) is 0 Å². The lowest BCUT2D eigenvalue weighted by Gasteiger charge is -2.19. The molecule has 0 saturated heterocycles. The predicted molar refractivity (Wildman–Crippen MR) is 97.8 cm³/mol. The van der Waals surface area contributed by atoms with Gasteiger partial charge in [0.2, 0.25) is 5.91 Å². The number of nitrogens with one attached hydrogen (secondary N) is 1. The minimum Gasteiger partial charge on any atom is -0.423 e. The Morgan fingerprint density at radius 3 is 3.04 bits per heavy atom. The number of rotatable bonds is 3. The minimum atomic E-state index is -0.862. The van der Waals surface area contributed by atoms with Crippen LogP contribution in [0, 0.1) is 0 Å². The summed E-state index contributed by atoms with van der Waals surface area (Å²) in [5.74, 6) is -0.0686. The number of hydrogen-bond donors (Lipinski definition) is 2. The Bertz CT molecular complexity index is 945. The molecule has 5 nitrogen and oxygen atoms in total. The van der Waals surface area contributed by atoms with Gasteiger partial charge in [0.25, 0.3) is 0 Å². The quantitative estimate of drug-likeness (QED) is 0.716. The summed E-state index contributed by atoms with van der Waals surface area (Å²) in [6.45, 7) is 0.496. The first-order chi connectivity index (χ1) is 12.2. The van der Waals surface area contributed by atoms with E-state index in [-0.39, 0.29) is 5.91 Å². The standard InChI is InChI=1S/C19H17BN2O3/c23-19(22-17-3-2-16-12-21-7-5-14(16)11-17)10-13-1-4-18-15(9-13)6-8-25-20(18)24/h1-5,7,9,11-12,24H,6,8,10H2,(H,22,23). The maximum Gasteiger partial charge on any atom is 0.491 e. The summed E-state index contributed by atoms with van der Waals surface area (Å²) < 4.78 is 5.21. The molecule has 3 aromatic rings. The monoisotopic (exact) mass is 332 g/mol. The second-order valence-corrected chi connectivity index (χ2v) is 6.17. The number of aromatic nitrogens is 1. The van der Waals surface area contributed by atoms with E-state index in [1.807, 2.05) is 42.5 Å². The molecule has 4 rings (SSSR count). The zero-order chi connectivity index (χ0) is 17.2. The van der Waals surface area contributed by atoms with E-state index in [0.29, 0.717) is 13.0 Å². The van der Waals surface area contributed by atoms with E-state index in [1.54, 1.807) is 12.4 Å². The summed E-state index contributed by atoms with van der Waals surface area (Å²) in [6.07, 6.45) is 4.57. The topological polar surface area (TPSA) is 71.5 Å².